The average Bonchev–Trinajstić information content (AvgIpc) is 3.62. The molecule has 0 aliphatic heterocycles. The molecule has 1 aromatic heterocycles. The molecular formula is C24H27ClFN3O4. The molecular weight excluding hydrogens is 449 g/mol. The van der Waals surface area contributed by atoms with Crippen molar-refractivity contribution in [2.24, 2.45) is 0 Å². The van der Waals surface area contributed by atoms with E-state index < -0.39 is 23.9 Å². The number of ether oxygens (including phenoxy) is 1. The molecule has 3 N–H and O–H groups in total. The van der Waals surface area contributed by atoms with Gasteiger partial charge < -0.3 is 20.5 Å². The number of hydrogen-bond acceptors (Lipinski definition) is 5. The number of hydrogen-bond donors (Lipinski definition) is 3. The van der Waals surface area contributed by atoms with Crippen LogP contribution < -0.4 is 10.6 Å². The van der Waals surface area contributed by atoms with Gasteiger partial charge in [-0.25, -0.2) is 4.39 Å². The molecule has 33 heavy (non-hydrogen) atoms. The lowest BCUT2D eigenvalue weighted by Gasteiger charge is -2.32. The van der Waals surface area contributed by atoms with Crippen molar-refractivity contribution in [3.05, 3.63) is 77.1 Å². The zero-order valence-corrected chi connectivity index (χ0v) is 19.0. The zero-order chi connectivity index (χ0) is 24.0. The molecule has 0 saturated heterocycles. The van der Waals surface area contributed by atoms with Crippen LogP contribution in [0, 0.1) is 0 Å². The van der Waals surface area contributed by atoms with Crippen LogP contribution in [-0.4, -0.2) is 46.7 Å². The molecule has 176 valence electrons. The molecule has 2 amide bonds. The number of amides is 2. The minimum absolute atomic E-state index is 0.169. The van der Waals surface area contributed by atoms with E-state index in [9.17, 15) is 19.1 Å². The summed E-state index contributed by atoms with van der Waals surface area (Å²) in [4.78, 5) is 28.9. The van der Waals surface area contributed by atoms with Crippen LogP contribution in [0.4, 0.5) is 4.39 Å². The second kappa shape index (κ2) is 11.2. The van der Waals surface area contributed by atoms with Crippen molar-refractivity contribution in [2.75, 3.05) is 6.61 Å². The number of carbonyl (C=O) groups is 2. The van der Waals surface area contributed by atoms with Gasteiger partial charge in [-0.05, 0) is 55.9 Å². The molecule has 0 aromatic carbocycles. The number of pyridine rings is 1. The molecule has 3 rings (SSSR count). The minimum Gasteiger partial charge on any atom is -0.491 e. The molecule has 0 bridgehead atoms. The van der Waals surface area contributed by atoms with Gasteiger partial charge in [0.15, 0.2) is 6.61 Å². The number of halogens is 2. The van der Waals surface area contributed by atoms with Crippen molar-refractivity contribution < 1.29 is 23.8 Å². The summed E-state index contributed by atoms with van der Waals surface area (Å²) >= 11 is 5.55. The minimum atomic E-state index is -0.888. The van der Waals surface area contributed by atoms with Crippen LogP contribution in [0.3, 0.4) is 0 Å². The Kier molecular flexibility index (Phi) is 8.41. The molecule has 3 atom stereocenters. The number of rotatable bonds is 9. The fourth-order valence-electron chi connectivity index (χ4n) is 3.45. The van der Waals surface area contributed by atoms with E-state index in [0.717, 1.165) is 11.1 Å². The van der Waals surface area contributed by atoms with E-state index in [4.69, 9.17) is 16.3 Å². The number of allylic oxidation sites excluding steroid dienone is 4. The third kappa shape index (κ3) is 7.27. The summed E-state index contributed by atoms with van der Waals surface area (Å²) in [5, 5.41) is 15.9. The summed E-state index contributed by atoms with van der Waals surface area (Å²) in [5.74, 6) is -0.959. The maximum atomic E-state index is 12.7. The highest BCUT2D eigenvalue weighted by Crippen LogP contribution is 2.39. The van der Waals surface area contributed by atoms with Crippen LogP contribution in [0.15, 0.2) is 65.8 Å². The summed E-state index contributed by atoms with van der Waals surface area (Å²) in [5.41, 5.74) is 2.30. The lowest BCUT2D eigenvalue weighted by molar-refractivity contribution is -0.125. The van der Waals surface area contributed by atoms with Crippen LogP contribution in [0.25, 0.3) is 0 Å². The molecule has 7 nitrogen and oxygen atoms in total. The monoisotopic (exact) mass is 475 g/mol. The lowest BCUT2D eigenvalue weighted by Crippen LogP contribution is -2.50. The van der Waals surface area contributed by atoms with Gasteiger partial charge >= 0.3 is 0 Å². The number of aliphatic hydroxyl groups is 1. The molecule has 1 aromatic rings. The van der Waals surface area contributed by atoms with Gasteiger partial charge in [-0.15, -0.1) is 0 Å². The van der Waals surface area contributed by atoms with Crippen molar-refractivity contribution in [1.29, 1.82) is 0 Å². The molecule has 2 aliphatic rings. The van der Waals surface area contributed by atoms with Crippen molar-refractivity contribution in [3.8, 4) is 0 Å². The summed E-state index contributed by atoms with van der Waals surface area (Å²) in [6.45, 7) is 4.58. The molecule has 2 aliphatic carbocycles. The SMILES string of the molecule is C=C(F)/C(Cl)=C\C=C\OCC(=O)NC1C=C(C)C(NC(=O)c2ccc(C3CC3)cn2)CC1O. The van der Waals surface area contributed by atoms with Gasteiger partial charge in [-0.2, -0.15) is 0 Å². The summed E-state index contributed by atoms with van der Waals surface area (Å²) in [6, 6.07) is 2.67. The first kappa shape index (κ1) is 24.7. The molecule has 1 saturated carbocycles. The van der Waals surface area contributed by atoms with E-state index in [0.29, 0.717) is 11.6 Å². The summed E-state index contributed by atoms with van der Waals surface area (Å²) < 4.78 is 17.8. The van der Waals surface area contributed by atoms with Gasteiger partial charge in [0.25, 0.3) is 11.8 Å². The van der Waals surface area contributed by atoms with Crippen molar-refractivity contribution in [3.63, 3.8) is 0 Å². The van der Waals surface area contributed by atoms with Gasteiger partial charge in [-0.3, -0.25) is 14.6 Å². The topological polar surface area (TPSA) is 101 Å². The lowest BCUT2D eigenvalue weighted by atomic mass is 9.89. The van der Waals surface area contributed by atoms with Crippen molar-refractivity contribution in [1.82, 2.24) is 15.6 Å². The highest BCUT2D eigenvalue weighted by molar-refractivity contribution is 6.31. The summed E-state index contributed by atoms with van der Waals surface area (Å²) in [6.07, 6.45) is 8.92. The van der Waals surface area contributed by atoms with Crippen LogP contribution in [-0.2, 0) is 9.53 Å². The maximum absolute atomic E-state index is 12.7. The Hall–Kier alpha value is -2.97. The first-order valence-corrected chi connectivity index (χ1v) is 11.0. The highest BCUT2D eigenvalue weighted by atomic mass is 35.5. The normalized spacial score (nSPS) is 23.1. The van der Waals surface area contributed by atoms with Crippen molar-refractivity contribution >= 4 is 23.4 Å². The van der Waals surface area contributed by atoms with E-state index >= 15 is 0 Å². The Morgan fingerprint density at radius 3 is 2.76 bits per heavy atom. The maximum Gasteiger partial charge on any atom is 0.270 e. The Morgan fingerprint density at radius 1 is 1.36 bits per heavy atom. The van der Waals surface area contributed by atoms with Crippen LogP contribution >= 0.6 is 11.6 Å². The van der Waals surface area contributed by atoms with Gasteiger partial charge in [0, 0.05) is 6.20 Å². The Morgan fingerprint density at radius 2 is 2.12 bits per heavy atom. The summed E-state index contributed by atoms with van der Waals surface area (Å²) in [7, 11) is 0. The van der Waals surface area contributed by atoms with Crippen LogP contribution in [0.1, 0.15) is 48.2 Å². The fraction of sp³-hybridized carbons (Fsp3) is 0.375. The van der Waals surface area contributed by atoms with E-state index in [2.05, 4.69) is 22.2 Å². The molecule has 3 unspecified atom stereocenters. The van der Waals surface area contributed by atoms with Gasteiger partial charge in [0.05, 0.1) is 29.5 Å². The third-order valence-corrected chi connectivity index (χ3v) is 5.81. The zero-order valence-electron chi connectivity index (χ0n) is 18.3. The van der Waals surface area contributed by atoms with E-state index in [1.54, 1.807) is 18.3 Å². The fourth-order valence-corrected chi connectivity index (χ4v) is 3.52. The molecule has 9 heteroatoms. The third-order valence-electron chi connectivity index (χ3n) is 5.48. The molecule has 1 fully saturated rings. The Labute approximate surface area is 197 Å². The number of aromatic nitrogens is 1. The molecule has 0 spiro atoms. The number of nitrogens with zero attached hydrogens (tertiary/aromatic N) is 1. The number of carbonyl (C=O) groups excluding carboxylic acids is 2. The van der Waals surface area contributed by atoms with Crippen molar-refractivity contribution in [2.45, 2.75) is 50.3 Å². The molecule has 1 heterocycles. The second-order valence-corrected chi connectivity index (χ2v) is 8.55. The Balaban J connectivity index is 1.48. The average molecular weight is 476 g/mol. The van der Waals surface area contributed by atoms with Gasteiger partial charge in [0.1, 0.15) is 11.5 Å². The van der Waals surface area contributed by atoms with Crippen LogP contribution in [0.2, 0.25) is 0 Å². The van der Waals surface area contributed by atoms with E-state index in [1.807, 2.05) is 13.0 Å². The smallest absolute Gasteiger partial charge is 0.270 e. The Bertz CT molecular complexity index is 986. The van der Waals surface area contributed by atoms with E-state index in [-0.39, 0.29) is 30.0 Å². The van der Waals surface area contributed by atoms with Crippen LogP contribution in [0.5, 0.6) is 0 Å². The van der Waals surface area contributed by atoms with Gasteiger partial charge in [-0.1, -0.05) is 35.9 Å². The first-order chi connectivity index (χ1) is 15.7. The first-order valence-electron chi connectivity index (χ1n) is 10.7. The predicted molar refractivity (Wildman–Crippen MR) is 123 cm³/mol. The predicted octanol–water partition coefficient (Wildman–Crippen LogP) is 3.39. The number of aliphatic hydroxyl groups excluding tert-OH is 1. The molecule has 0 radical (unpaired) electrons. The van der Waals surface area contributed by atoms with E-state index in [1.165, 1.54) is 31.3 Å². The number of nitrogens with one attached hydrogen (secondary N) is 2. The van der Waals surface area contributed by atoms with Gasteiger partial charge in [0.2, 0.25) is 0 Å². The quantitative estimate of drug-likeness (QED) is 0.289. The standard InChI is InChI=1S/C24H27ClFN3O4/c1-14-10-21(28-23(31)13-33-9-3-4-18(25)15(2)26)22(30)11-20(14)29-24(32)19-8-7-17(12-27-19)16-5-6-16/h3-4,7-10,12,16,20-22,30H,2,5-6,11,13H2,1H3,(H,28,31)(H,29,32)/b9-3+,18-4+. The largest absolute Gasteiger partial charge is 0.491 e. The highest BCUT2D eigenvalue weighted by Gasteiger charge is 2.30. The second-order valence-electron chi connectivity index (χ2n) is 8.14.